The molecule has 0 amide bonds. The van der Waals surface area contributed by atoms with Crippen LogP contribution in [0.5, 0.6) is 0 Å². The predicted octanol–water partition coefficient (Wildman–Crippen LogP) is 1.58. The van der Waals surface area contributed by atoms with Crippen LogP contribution in [-0.4, -0.2) is 21.2 Å². The van der Waals surface area contributed by atoms with E-state index in [0.717, 1.165) is 30.9 Å². The third-order valence-electron chi connectivity index (χ3n) is 2.48. The molecule has 1 aliphatic rings. The minimum absolute atomic E-state index is 0.106. The van der Waals surface area contributed by atoms with Gasteiger partial charge in [-0.25, -0.2) is 9.50 Å². The second-order valence-corrected chi connectivity index (χ2v) is 3.48. The zero-order chi connectivity index (χ0) is 9.38. The smallest absolute Gasteiger partial charge is 0.180 e. The van der Waals surface area contributed by atoms with Gasteiger partial charge in [-0.05, 0) is 25.0 Å². The van der Waals surface area contributed by atoms with Gasteiger partial charge >= 0.3 is 0 Å². The average molecular weight is 189 g/mol. The summed E-state index contributed by atoms with van der Waals surface area (Å²) in [5.41, 5.74) is 0.887. The number of ether oxygens (including phenoxy) is 1. The van der Waals surface area contributed by atoms with E-state index in [9.17, 15) is 0 Å². The molecular weight excluding hydrogens is 178 g/mol. The van der Waals surface area contributed by atoms with E-state index in [-0.39, 0.29) is 6.10 Å². The first kappa shape index (κ1) is 7.94. The highest BCUT2D eigenvalue weighted by Gasteiger charge is 2.21. The van der Waals surface area contributed by atoms with Gasteiger partial charge in [0.2, 0.25) is 0 Å². The summed E-state index contributed by atoms with van der Waals surface area (Å²) in [4.78, 5) is 4.42. The molecule has 0 radical (unpaired) electrons. The summed E-state index contributed by atoms with van der Waals surface area (Å²) in [6, 6.07) is 5.86. The molecular formula is C10H11N3O. The van der Waals surface area contributed by atoms with Crippen molar-refractivity contribution in [2.24, 2.45) is 0 Å². The monoisotopic (exact) mass is 189 g/mol. The molecule has 0 aliphatic carbocycles. The molecule has 1 aliphatic heterocycles. The number of rotatable bonds is 1. The van der Waals surface area contributed by atoms with Gasteiger partial charge in [0.25, 0.3) is 0 Å². The highest BCUT2D eigenvalue weighted by molar-refractivity contribution is 5.36. The maximum absolute atomic E-state index is 5.53. The Labute approximate surface area is 81.5 Å². The van der Waals surface area contributed by atoms with Crippen molar-refractivity contribution in [1.29, 1.82) is 0 Å². The molecule has 14 heavy (non-hydrogen) atoms. The van der Waals surface area contributed by atoms with Gasteiger partial charge in [-0.3, -0.25) is 0 Å². The van der Waals surface area contributed by atoms with Crippen LogP contribution in [0.4, 0.5) is 0 Å². The third kappa shape index (κ3) is 1.19. The van der Waals surface area contributed by atoms with E-state index in [1.54, 1.807) is 4.52 Å². The molecule has 72 valence electrons. The van der Waals surface area contributed by atoms with E-state index < -0.39 is 0 Å². The largest absolute Gasteiger partial charge is 0.370 e. The van der Waals surface area contributed by atoms with E-state index in [2.05, 4.69) is 10.1 Å². The van der Waals surface area contributed by atoms with Gasteiger partial charge in [-0.15, -0.1) is 5.10 Å². The van der Waals surface area contributed by atoms with Crippen LogP contribution in [0.1, 0.15) is 24.8 Å². The van der Waals surface area contributed by atoms with E-state index in [1.807, 2.05) is 24.4 Å². The van der Waals surface area contributed by atoms with Crippen LogP contribution in [0.25, 0.3) is 5.65 Å². The zero-order valence-electron chi connectivity index (χ0n) is 7.76. The van der Waals surface area contributed by atoms with Gasteiger partial charge in [0.1, 0.15) is 6.10 Å². The average Bonchev–Trinajstić information content (AvgIpc) is 2.86. The number of hydrogen-bond acceptors (Lipinski definition) is 3. The van der Waals surface area contributed by atoms with Crippen LogP contribution >= 0.6 is 0 Å². The van der Waals surface area contributed by atoms with E-state index in [4.69, 9.17) is 4.74 Å². The molecule has 1 saturated heterocycles. The maximum atomic E-state index is 5.53. The Morgan fingerprint density at radius 2 is 2.43 bits per heavy atom. The molecule has 0 bridgehead atoms. The summed E-state index contributed by atoms with van der Waals surface area (Å²) in [6.07, 6.45) is 4.16. The van der Waals surface area contributed by atoms with Crippen molar-refractivity contribution in [2.75, 3.05) is 6.61 Å². The van der Waals surface area contributed by atoms with Gasteiger partial charge in [0, 0.05) is 12.8 Å². The molecule has 3 heterocycles. The van der Waals surface area contributed by atoms with Crippen molar-refractivity contribution in [2.45, 2.75) is 18.9 Å². The van der Waals surface area contributed by atoms with Crippen LogP contribution in [0.15, 0.2) is 24.4 Å². The Balaban J connectivity index is 2.05. The summed E-state index contributed by atoms with van der Waals surface area (Å²) in [5, 5.41) is 4.38. The summed E-state index contributed by atoms with van der Waals surface area (Å²) in [6.45, 7) is 0.834. The Morgan fingerprint density at radius 3 is 3.21 bits per heavy atom. The number of aromatic nitrogens is 3. The fraction of sp³-hybridized carbons (Fsp3) is 0.400. The standard InChI is InChI=1S/C10H11N3O/c1-2-6-13-9(5-1)11-10(12-13)8-4-3-7-14-8/h1-2,5-6,8H,3-4,7H2. The SMILES string of the molecule is c1ccn2nc(C3CCCO3)nc2c1. The van der Waals surface area contributed by atoms with Crippen molar-refractivity contribution in [3.05, 3.63) is 30.2 Å². The molecule has 2 aromatic rings. The van der Waals surface area contributed by atoms with Crippen LogP contribution < -0.4 is 0 Å². The van der Waals surface area contributed by atoms with Gasteiger partial charge in [0.05, 0.1) is 0 Å². The highest BCUT2D eigenvalue weighted by Crippen LogP contribution is 2.25. The lowest BCUT2D eigenvalue weighted by atomic mass is 10.2. The van der Waals surface area contributed by atoms with E-state index >= 15 is 0 Å². The second-order valence-electron chi connectivity index (χ2n) is 3.48. The summed E-state index contributed by atoms with van der Waals surface area (Å²) < 4.78 is 7.32. The molecule has 4 heteroatoms. The molecule has 4 nitrogen and oxygen atoms in total. The third-order valence-corrected chi connectivity index (χ3v) is 2.48. The van der Waals surface area contributed by atoms with E-state index in [0.29, 0.717) is 0 Å². The Morgan fingerprint density at radius 1 is 1.43 bits per heavy atom. The summed E-state index contributed by atoms with van der Waals surface area (Å²) >= 11 is 0. The first-order valence-corrected chi connectivity index (χ1v) is 4.86. The van der Waals surface area contributed by atoms with Crippen molar-refractivity contribution >= 4 is 5.65 Å². The number of nitrogens with zero attached hydrogens (tertiary/aromatic N) is 3. The molecule has 1 fully saturated rings. The van der Waals surface area contributed by atoms with Crippen LogP contribution in [0, 0.1) is 0 Å². The molecule has 2 aromatic heterocycles. The van der Waals surface area contributed by atoms with Crippen molar-refractivity contribution < 1.29 is 4.74 Å². The Kier molecular flexibility index (Phi) is 1.73. The van der Waals surface area contributed by atoms with Gasteiger partial charge in [-0.2, -0.15) is 0 Å². The second kappa shape index (κ2) is 3.06. The van der Waals surface area contributed by atoms with Crippen molar-refractivity contribution in [1.82, 2.24) is 14.6 Å². The van der Waals surface area contributed by atoms with Crippen LogP contribution in [0.3, 0.4) is 0 Å². The first-order chi connectivity index (χ1) is 6.93. The summed E-state index contributed by atoms with van der Waals surface area (Å²) in [5.74, 6) is 0.814. The van der Waals surface area contributed by atoms with Crippen LogP contribution in [-0.2, 0) is 4.74 Å². The lowest BCUT2D eigenvalue weighted by Gasteiger charge is -2.01. The fourth-order valence-corrected chi connectivity index (χ4v) is 1.77. The molecule has 3 rings (SSSR count). The van der Waals surface area contributed by atoms with Gasteiger partial charge in [-0.1, -0.05) is 6.07 Å². The lowest BCUT2D eigenvalue weighted by Crippen LogP contribution is -1.98. The van der Waals surface area contributed by atoms with Crippen molar-refractivity contribution in [3.8, 4) is 0 Å². The first-order valence-electron chi connectivity index (χ1n) is 4.86. The normalized spacial score (nSPS) is 21.9. The van der Waals surface area contributed by atoms with Gasteiger partial charge in [0.15, 0.2) is 11.5 Å². The van der Waals surface area contributed by atoms with Crippen molar-refractivity contribution in [3.63, 3.8) is 0 Å². The molecule has 0 aromatic carbocycles. The quantitative estimate of drug-likeness (QED) is 0.683. The lowest BCUT2D eigenvalue weighted by molar-refractivity contribution is 0.105. The van der Waals surface area contributed by atoms with Crippen LogP contribution in [0.2, 0.25) is 0 Å². The molecule has 0 saturated carbocycles. The Bertz CT molecular complexity index is 412. The topological polar surface area (TPSA) is 39.4 Å². The highest BCUT2D eigenvalue weighted by atomic mass is 16.5. The molecule has 1 atom stereocenters. The van der Waals surface area contributed by atoms with E-state index in [1.165, 1.54) is 0 Å². The minimum Gasteiger partial charge on any atom is -0.370 e. The fourth-order valence-electron chi connectivity index (χ4n) is 1.77. The predicted molar refractivity (Wildman–Crippen MR) is 50.9 cm³/mol. The number of pyridine rings is 1. The molecule has 0 spiro atoms. The number of fused-ring (bicyclic) bond motifs is 1. The summed E-state index contributed by atoms with van der Waals surface area (Å²) in [7, 11) is 0. The minimum atomic E-state index is 0.106. The Hall–Kier alpha value is -1.42. The molecule has 1 unspecified atom stereocenters. The maximum Gasteiger partial charge on any atom is 0.180 e. The zero-order valence-corrected chi connectivity index (χ0v) is 7.76. The number of hydrogen-bond donors (Lipinski definition) is 0. The van der Waals surface area contributed by atoms with Gasteiger partial charge < -0.3 is 4.74 Å². The molecule has 0 N–H and O–H groups in total.